The predicted octanol–water partition coefficient (Wildman–Crippen LogP) is 10.3. The van der Waals surface area contributed by atoms with Gasteiger partial charge in [0.25, 0.3) is 0 Å². The fourth-order valence-electron chi connectivity index (χ4n) is 6.10. The van der Waals surface area contributed by atoms with Crippen LogP contribution >= 0.6 is 0 Å². The molecule has 0 amide bonds. The first-order valence-corrected chi connectivity index (χ1v) is 13.6. The van der Waals surface area contributed by atoms with Gasteiger partial charge in [-0.05, 0) is 93.5 Å². The lowest BCUT2D eigenvalue weighted by Crippen LogP contribution is -2.10. The molecule has 0 bridgehead atoms. The van der Waals surface area contributed by atoms with Crippen molar-refractivity contribution in [1.29, 1.82) is 10.5 Å². The third-order valence-electron chi connectivity index (χ3n) is 8.04. The van der Waals surface area contributed by atoms with Gasteiger partial charge in [0.2, 0.25) is 0 Å². The molecule has 0 aliphatic rings. The van der Waals surface area contributed by atoms with Gasteiger partial charge in [-0.1, -0.05) is 90.0 Å². The number of fused-ring (bicyclic) bond motifs is 2. The zero-order valence-electron chi connectivity index (χ0n) is 22.8. The highest BCUT2D eigenvalue weighted by Gasteiger charge is 2.20. The Kier molecular flexibility index (Phi) is 5.67. The Hall–Kier alpha value is -5.64. The summed E-state index contributed by atoms with van der Waals surface area (Å²) in [5.41, 5.74) is 6.78. The van der Waals surface area contributed by atoms with Crippen LogP contribution in [0.1, 0.15) is 16.7 Å². The molecule has 0 spiro atoms. The molecule has 0 fully saturated rings. The fourth-order valence-corrected chi connectivity index (χ4v) is 6.10. The van der Waals surface area contributed by atoms with Crippen LogP contribution in [0.5, 0.6) is 0 Å². The second-order valence-corrected chi connectivity index (χ2v) is 10.6. The molecule has 41 heavy (non-hydrogen) atoms. The minimum absolute atomic E-state index is 0.0981. The Labute approximate surface area is 238 Å². The molecule has 0 aliphatic carbocycles. The monoisotopic (exact) mass is 523 g/mol. The maximum absolute atomic E-state index is 9.38. The predicted molar refractivity (Wildman–Crippen MR) is 171 cm³/mol. The summed E-state index contributed by atoms with van der Waals surface area (Å²) in [5, 5.41) is 28.1. The SMILES string of the molecule is Cc1ccc(N(c2ccc(C)cc2)c2ccc3c4ccc(C=C(C#N)C#N)c5cccc(c6cccc2c63)c54)cc1. The standard InChI is InChI=1S/C38H25N3/c1-24-9-14-28(15-10-24)41(29-16-11-25(2)12-17-29)36-20-19-34-33-18-13-27(21-26(22-39)23-40)30-5-3-6-31(37(30)33)32-7-4-8-35(36)38(32)34/h3-21H,1-2H3. The largest absolute Gasteiger partial charge is 0.310 e. The molecule has 0 aliphatic heterocycles. The summed E-state index contributed by atoms with van der Waals surface area (Å²) in [5.74, 6) is 0. The van der Waals surface area contributed by atoms with Crippen molar-refractivity contribution in [3.05, 3.63) is 131 Å². The number of nitrogens with zero attached hydrogens (tertiary/aromatic N) is 3. The van der Waals surface area contributed by atoms with Crippen molar-refractivity contribution in [2.45, 2.75) is 13.8 Å². The van der Waals surface area contributed by atoms with E-state index in [1.165, 1.54) is 32.7 Å². The molecule has 3 nitrogen and oxygen atoms in total. The van der Waals surface area contributed by atoms with Crippen molar-refractivity contribution in [1.82, 2.24) is 0 Å². The van der Waals surface area contributed by atoms with Crippen molar-refractivity contribution in [2.24, 2.45) is 0 Å². The van der Waals surface area contributed by atoms with Gasteiger partial charge in [-0.2, -0.15) is 10.5 Å². The number of hydrogen-bond acceptors (Lipinski definition) is 3. The normalized spacial score (nSPS) is 11.1. The smallest absolute Gasteiger partial charge is 0.130 e. The van der Waals surface area contributed by atoms with E-state index in [4.69, 9.17) is 0 Å². The number of anilines is 3. The third kappa shape index (κ3) is 3.88. The van der Waals surface area contributed by atoms with Crippen molar-refractivity contribution in [3.63, 3.8) is 0 Å². The molecule has 0 aromatic heterocycles. The summed E-state index contributed by atoms with van der Waals surface area (Å²) in [7, 11) is 0. The Morgan fingerprint density at radius 2 is 1.00 bits per heavy atom. The summed E-state index contributed by atoms with van der Waals surface area (Å²) < 4.78 is 0. The van der Waals surface area contributed by atoms with Crippen LogP contribution in [0.3, 0.4) is 0 Å². The highest BCUT2D eigenvalue weighted by Crippen LogP contribution is 2.46. The maximum atomic E-state index is 9.38. The maximum Gasteiger partial charge on any atom is 0.130 e. The Bertz CT molecular complexity index is 2140. The van der Waals surface area contributed by atoms with E-state index in [0.717, 1.165) is 44.2 Å². The van der Waals surface area contributed by atoms with Gasteiger partial charge in [0.15, 0.2) is 0 Å². The summed E-state index contributed by atoms with van der Waals surface area (Å²) in [6.45, 7) is 4.23. The molecule has 3 heteroatoms. The Morgan fingerprint density at radius 3 is 1.56 bits per heavy atom. The van der Waals surface area contributed by atoms with Gasteiger partial charge in [0.1, 0.15) is 17.7 Å². The van der Waals surface area contributed by atoms with Gasteiger partial charge in [0.05, 0.1) is 5.69 Å². The minimum Gasteiger partial charge on any atom is -0.310 e. The summed E-state index contributed by atoms with van der Waals surface area (Å²) >= 11 is 0. The second kappa shape index (κ2) is 9.53. The van der Waals surface area contributed by atoms with Gasteiger partial charge in [-0.25, -0.2) is 0 Å². The van der Waals surface area contributed by atoms with E-state index in [1.807, 2.05) is 18.2 Å². The Morgan fingerprint density at radius 1 is 0.537 bits per heavy atom. The number of rotatable bonds is 4. The number of benzene rings is 7. The molecule has 0 heterocycles. The molecule has 7 aromatic carbocycles. The van der Waals surface area contributed by atoms with Crippen LogP contribution in [-0.4, -0.2) is 0 Å². The van der Waals surface area contributed by atoms with Crippen LogP contribution in [0.4, 0.5) is 17.1 Å². The average Bonchev–Trinajstić information content (AvgIpc) is 3.01. The van der Waals surface area contributed by atoms with Gasteiger partial charge < -0.3 is 4.90 Å². The minimum atomic E-state index is 0.0981. The molecule has 0 atom stereocenters. The Balaban J connectivity index is 1.56. The van der Waals surface area contributed by atoms with Gasteiger partial charge in [-0.3, -0.25) is 0 Å². The number of aryl methyl sites for hydroxylation is 2. The van der Waals surface area contributed by atoms with Crippen LogP contribution in [0.2, 0.25) is 0 Å². The van der Waals surface area contributed by atoms with E-state index < -0.39 is 0 Å². The van der Waals surface area contributed by atoms with Crippen LogP contribution in [0, 0.1) is 36.5 Å². The van der Waals surface area contributed by atoms with Crippen LogP contribution < -0.4 is 4.90 Å². The highest BCUT2D eigenvalue weighted by molar-refractivity contribution is 6.34. The molecule has 0 unspecified atom stereocenters. The first kappa shape index (κ1) is 24.4. The van der Waals surface area contributed by atoms with Crippen LogP contribution in [0.15, 0.2) is 115 Å². The molecule has 0 radical (unpaired) electrons. The first-order chi connectivity index (χ1) is 20.1. The molecule has 7 rings (SSSR count). The molecule has 192 valence electrons. The second-order valence-electron chi connectivity index (χ2n) is 10.6. The fraction of sp³-hybridized carbons (Fsp3) is 0.0526. The molecule has 0 N–H and O–H groups in total. The zero-order chi connectivity index (χ0) is 28.1. The molecule has 7 aromatic rings. The van der Waals surface area contributed by atoms with E-state index in [0.29, 0.717) is 0 Å². The van der Waals surface area contributed by atoms with Crippen LogP contribution in [-0.2, 0) is 0 Å². The quantitative estimate of drug-likeness (QED) is 0.131. The molecule has 0 saturated heterocycles. The van der Waals surface area contributed by atoms with E-state index in [1.54, 1.807) is 6.08 Å². The van der Waals surface area contributed by atoms with Crippen molar-refractivity contribution < 1.29 is 0 Å². The van der Waals surface area contributed by atoms with Gasteiger partial charge >= 0.3 is 0 Å². The summed E-state index contributed by atoms with van der Waals surface area (Å²) in [6, 6.07) is 42.9. The molecular weight excluding hydrogens is 498 g/mol. The van der Waals surface area contributed by atoms with Gasteiger partial charge in [-0.15, -0.1) is 0 Å². The third-order valence-corrected chi connectivity index (χ3v) is 8.04. The number of allylic oxidation sites excluding steroid dienone is 1. The van der Waals surface area contributed by atoms with E-state index >= 15 is 0 Å². The van der Waals surface area contributed by atoms with Crippen molar-refractivity contribution in [2.75, 3.05) is 4.90 Å². The lowest BCUT2D eigenvalue weighted by atomic mass is 9.87. The molecule has 0 saturated carbocycles. The van der Waals surface area contributed by atoms with E-state index in [2.05, 4.69) is 122 Å². The van der Waals surface area contributed by atoms with Crippen molar-refractivity contribution in [3.8, 4) is 12.1 Å². The lowest BCUT2D eigenvalue weighted by molar-refractivity contribution is 1.28. The van der Waals surface area contributed by atoms with E-state index in [-0.39, 0.29) is 5.57 Å². The topological polar surface area (TPSA) is 50.8 Å². The zero-order valence-corrected chi connectivity index (χ0v) is 22.8. The summed E-state index contributed by atoms with van der Waals surface area (Å²) in [4.78, 5) is 2.34. The molecular formula is C38H25N3. The highest BCUT2D eigenvalue weighted by atomic mass is 15.1. The summed E-state index contributed by atoms with van der Waals surface area (Å²) in [6.07, 6.45) is 1.68. The van der Waals surface area contributed by atoms with E-state index in [9.17, 15) is 10.5 Å². The lowest BCUT2D eigenvalue weighted by Gasteiger charge is -2.28. The van der Waals surface area contributed by atoms with Crippen LogP contribution in [0.25, 0.3) is 49.2 Å². The number of nitriles is 2. The average molecular weight is 524 g/mol. The first-order valence-electron chi connectivity index (χ1n) is 13.6. The number of hydrogen-bond donors (Lipinski definition) is 0. The van der Waals surface area contributed by atoms with Gasteiger partial charge in [0, 0.05) is 16.8 Å². The van der Waals surface area contributed by atoms with Crippen molar-refractivity contribution >= 4 is 66.2 Å².